The second kappa shape index (κ2) is 2.95. The molecule has 0 bridgehead atoms. The van der Waals surface area contributed by atoms with Gasteiger partial charge in [0.1, 0.15) is 11.3 Å². The standard InChI is InChI=1S/C8H4ClFN2O2/c9-3-1-4(10)6-5(2-3)11-7(13)8(14)12-6/h1-2H,(H,11,13)(H,12,14). The van der Waals surface area contributed by atoms with Gasteiger partial charge in [-0.05, 0) is 12.1 Å². The SMILES string of the molecule is O=c1[nH]c2cc(Cl)cc(F)c2[nH]c1=O. The van der Waals surface area contributed by atoms with Gasteiger partial charge in [0, 0.05) is 5.02 Å². The Bertz CT molecular complexity index is 617. The molecule has 0 aliphatic heterocycles. The molecule has 2 aromatic rings. The van der Waals surface area contributed by atoms with E-state index in [1.165, 1.54) is 6.07 Å². The largest absolute Gasteiger partial charge is 0.316 e. The van der Waals surface area contributed by atoms with Gasteiger partial charge in [-0.25, -0.2) is 4.39 Å². The zero-order valence-electron chi connectivity index (χ0n) is 6.73. The third-order valence-corrected chi connectivity index (χ3v) is 1.97. The van der Waals surface area contributed by atoms with E-state index in [4.69, 9.17) is 11.6 Å². The smallest absolute Gasteiger partial charge is 0.314 e. The van der Waals surface area contributed by atoms with Gasteiger partial charge in [0.25, 0.3) is 0 Å². The van der Waals surface area contributed by atoms with Crippen LogP contribution in [0.2, 0.25) is 5.02 Å². The summed E-state index contributed by atoms with van der Waals surface area (Å²) in [6, 6.07) is 2.41. The summed E-state index contributed by atoms with van der Waals surface area (Å²) in [5, 5.41) is 0.151. The highest BCUT2D eigenvalue weighted by Crippen LogP contribution is 2.17. The molecule has 2 N–H and O–H groups in total. The number of rotatable bonds is 0. The number of aromatic amines is 2. The quantitative estimate of drug-likeness (QED) is 0.643. The highest BCUT2D eigenvalue weighted by Gasteiger charge is 2.05. The fourth-order valence-electron chi connectivity index (χ4n) is 1.15. The van der Waals surface area contributed by atoms with E-state index in [2.05, 4.69) is 9.97 Å². The van der Waals surface area contributed by atoms with Gasteiger partial charge in [-0.15, -0.1) is 0 Å². The second-order valence-electron chi connectivity index (χ2n) is 2.72. The molecule has 1 aromatic heterocycles. The van der Waals surface area contributed by atoms with E-state index in [1.807, 2.05) is 0 Å². The number of H-pyrrole nitrogens is 2. The van der Waals surface area contributed by atoms with E-state index >= 15 is 0 Å². The Balaban J connectivity index is 3.03. The van der Waals surface area contributed by atoms with Crippen LogP contribution in [-0.2, 0) is 0 Å². The van der Waals surface area contributed by atoms with Crippen LogP contribution < -0.4 is 11.1 Å². The summed E-state index contributed by atoms with van der Waals surface area (Å²) in [4.78, 5) is 26.1. The third kappa shape index (κ3) is 1.31. The number of halogens is 2. The molecule has 0 unspecified atom stereocenters. The van der Waals surface area contributed by atoms with Crippen molar-refractivity contribution in [3.8, 4) is 0 Å². The zero-order chi connectivity index (χ0) is 10.3. The summed E-state index contributed by atoms with van der Waals surface area (Å²) in [6.45, 7) is 0. The molecular formula is C8H4ClFN2O2. The Labute approximate surface area is 81.3 Å². The highest BCUT2D eigenvalue weighted by atomic mass is 35.5. The first-order valence-electron chi connectivity index (χ1n) is 3.69. The minimum Gasteiger partial charge on any atom is -0.316 e. The molecule has 0 amide bonds. The van der Waals surface area contributed by atoms with Crippen LogP contribution in [0.5, 0.6) is 0 Å². The van der Waals surface area contributed by atoms with Crippen molar-refractivity contribution in [2.24, 2.45) is 0 Å². The van der Waals surface area contributed by atoms with Gasteiger partial charge >= 0.3 is 11.1 Å². The number of nitrogens with one attached hydrogen (secondary N) is 2. The maximum absolute atomic E-state index is 13.2. The van der Waals surface area contributed by atoms with Crippen LogP contribution in [-0.4, -0.2) is 9.97 Å². The van der Waals surface area contributed by atoms with Crippen molar-refractivity contribution >= 4 is 22.6 Å². The first kappa shape index (κ1) is 8.96. The molecule has 0 fully saturated rings. The van der Waals surface area contributed by atoms with Crippen LogP contribution in [0.25, 0.3) is 11.0 Å². The summed E-state index contributed by atoms with van der Waals surface area (Å²) < 4.78 is 13.2. The molecule has 0 spiro atoms. The number of hydrogen-bond acceptors (Lipinski definition) is 2. The molecule has 1 aromatic carbocycles. The summed E-state index contributed by atoms with van der Waals surface area (Å²) in [5.74, 6) is -0.680. The average molecular weight is 215 g/mol. The van der Waals surface area contributed by atoms with Gasteiger partial charge in [0.15, 0.2) is 0 Å². The highest BCUT2D eigenvalue weighted by molar-refractivity contribution is 6.31. The molecule has 0 radical (unpaired) electrons. The second-order valence-corrected chi connectivity index (χ2v) is 3.15. The summed E-state index contributed by atoms with van der Waals surface area (Å²) in [5.41, 5.74) is -1.61. The normalized spacial score (nSPS) is 10.7. The Morgan fingerprint density at radius 2 is 1.79 bits per heavy atom. The van der Waals surface area contributed by atoms with Crippen LogP contribution in [0.1, 0.15) is 0 Å². The van der Waals surface area contributed by atoms with Crippen LogP contribution in [0.4, 0.5) is 4.39 Å². The molecule has 72 valence electrons. The van der Waals surface area contributed by atoms with Gasteiger partial charge in [0.2, 0.25) is 0 Å². The van der Waals surface area contributed by atoms with E-state index in [-0.39, 0.29) is 16.1 Å². The Morgan fingerprint density at radius 1 is 1.14 bits per heavy atom. The number of hydrogen-bond donors (Lipinski definition) is 2. The third-order valence-electron chi connectivity index (χ3n) is 1.75. The predicted octanol–water partition coefficient (Wildman–Crippen LogP) is 1.01. The van der Waals surface area contributed by atoms with E-state index in [1.54, 1.807) is 0 Å². The molecule has 4 nitrogen and oxygen atoms in total. The van der Waals surface area contributed by atoms with Gasteiger partial charge in [-0.1, -0.05) is 11.6 Å². The molecule has 2 rings (SSSR count). The van der Waals surface area contributed by atoms with E-state index in [0.717, 1.165) is 6.07 Å². The van der Waals surface area contributed by atoms with Crippen LogP contribution in [0, 0.1) is 5.82 Å². The Kier molecular flexibility index (Phi) is 1.89. The van der Waals surface area contributed by atoms with Crippen LogP contribution >= 0.6 is 11.6 Å². The van der Waals surface area contributed by atoms with E-state index < -0.39 is 16.9 Å². The maximum atomic E-state index is 13.2. The maximum Gasteiger partial charge on any atom is 0.314 e. The molecule has 6 heteroatoms. The Morgan fingerprint density at radius 3 is 2.50 bits per heavy atom. The topological polar surface area (TPSA) is 65.7 Å². The molecule has 1 heterocycles. The Hall–Kier alpha value is -1.62. The van der Waals surface area contributed by atoms with Crippen molar-refractivity contribution < 1.29 is 4.39 Å². The molecule has 0 atom stereocenters. The molecule has 0 saturated heterocycles. The van der Waals surface area contributed by atoms with Gasteiger partial charge in [-0.2, -0.15) is 0 Å². The lowest BCUT2D eigenvalue weighted by Gasteiger charge is -1.98. The minimum absolute atomic E-state index is 0.0565. The van der Waals surface area contributed by atoms with Gasteiger partial charge in [0.05, 0.1) is 5.52 Å². The molecule has 0 saturated carbocycles. The van der Waals surface area contributed by atoms with Crippen LogP contribution in [0.15, 0.2) is 21.7 Å². The molecule has 14 heavy (non-hydrogen) atoms. The lowest BCUT2D eigenvalue weighted by atomic mass is 10.3. The summed E-state index contributed by atoms with van der Waals surface area (Å²) in [7, 11) is 0. The van der Waals surface area contributed by atoms with E-state index in [0.29, 0.717) is 0 Å². The zero-order valence-corrected chi connectivity index (χ0v) is 7.48. The summed E-state index contributed by atoms with van der Waals surface area (Å²) in [6.07, 6.45) is 0. The minimum atomic E-state index is -0.890. The first-order valence-corrected chi connectivity index (χ1v) is 4.07. The molecule has 0 aliphatic rings. The monoisotopic (exact) mass is 214 g/mol. The fraction of sp³-hybridized carbons (Fsp3) is 0. The van der Waals surface area contributed by atoms with Crippen LogP contribution in [0.3, 0.4) is 0 Å². The molecular weight excluding hydrogens is 211 g/mol. The van der Waals surface area contributed by atoms with Crippen molar-refractivity contribution in [2.45, 2.75) is 0 Å². The van der Waals surface area contributed by atoms with E-state index in [9.17, 15) is 14.0 Å². The lowest BCUT2D eigenvalue weighted by Crippen LogP contribution is -2.29. The van der Waals surface area contributed by atoms with Crippen molar-refractivity contribution in [1.82, 2.24) is 9.97 Å². The number of aromatic nitrogens is 2. The average Bonchev–Trinajstić information content (AvgIpc) is 2.08. The number of benzene rings is 1. The summed E-state index contributed by atoms with van der Waals surface area (Å²) >= 11 is 5.56. The van der Waals surface area contributed by atoms with Crippen molar-refractivity contribution in [3.05, 3.63) is 43.7 Å². The lowest BCUT2D eigenvalue weighted by molar-refractivity contribution is 0.636. The van der Waals surface area contributed by atoms with Crippen molar-refractivity contribution in [3.63, 3.8) is 0 Å². The number of fused-ring (bicyclic) bond motifs is 1. The van der Waals surface area contributed by atoms with Crippen molar-refractivity contribution in [1.29, 1.82) is 0 Å². The fourth-order valence-corrected chi connectivity index (χ4v) is 1.35. The van der Waals surface area contributed by atoms with Gasteiger partial charge < -0.3 is 9.97 Å². The predicted molar refractivity (Wildman–Crippen MR) is 50.2 cm³/mol. The van der Waals surface area contributed by atoms with Crippen molar-refractivity contribution in [2.75, 3.05) is 0 Å². The van der Waals surface area contributed by atoms with Gasteiger partial charge in [-0.3, -0.25) is 9.59 Å². The first-order chi connectivity index (χ1) is 6.58. The molecule has 0 aliphatic carbocycles.